The average Bonchev–Trinajstić information content (AvgIpc) is 3.00. The number of aryl methyl sites for hydroxylation is 1. The van der Waals surface area contributed by atoms with E-state index in [-0.39, 0.29) is 16.7 Å². The fourth-order valence-electron chi connectivity index (χ4n) is 3.81. The second-order valence-electron chi connectivity index (χ2n) is 7.22. The molecule has 0 aromatic carbocycles. The van der Waals surface area contributed by atoms with E-state index in [0.717, 1.165) is 29.9 Å². The molecule has 1 aliphatic heterocycles. The van der Waals surface area contributed by atoms with E-state index in [0.29, 0.717) is 13.1 Å². The van der Waals surface area contributed by atoms with Crippen LogP contribution in [0.3, 0.4) is 0 Å². The smallest absolute Gasteiger partial charge is 0.235 e. The maximum atomic E-state index is 13.4. The minimum absolute atomic E-state index is 0.0317. The van der Waals surface area contributed by atoms with Gasteiger partial charge in [0.25, 0.3) is 0 Å². The number of nitrogens with zero attached hydrogens (tertiary/aromatic N) is 3. The number of amides is 1. The lowest BCUT2D eigenvalue weighted by Gasteiger charge is -2.25. The highest BCUT2D eigenvalue weighted by atomic mass is 32.1. The Morgan fingerprint density at radius 2 is 2.17 bits per heavy atom. The van der Waals surface area contributed by atoms with Crippen LogP contribution in [-0.2, 0) is 29.7 Å². The van der Waals surface area contributed by atoms with Crippen molar-refractivity contribution in [1.82, 2.24) is 14.9 Å². The molecule has 1 fully saturated rings. The molecule has 3 heterocycles. The Hall–Kier alpha value is -1.75. The summed E-state index contributed by atoms with van der Waals surface area (Å²) in [6.45, 7) is 7.71. The average molecular weight is 327 g/mol. The highest BCUT2D eigenvalue weighted by Crippen LogP contribution is 2.66. The number of carbonyl (C=O) groups is 1. The van der Waals surface area contributed by atoms with Crippen molar-refractivity contribution in [2.24, 2.45) is 5.41 Å². The Morgan fingerprint density at radius 3 is 2.78 bits per heavy atom. The standard InChI is InChI=1S/C18H21N3OS/c1-4-15-19-8-12-9-21(10-13(12)20-15)16(22)18(11-17(18,2)3)14-6-5-7-23-14/h5-8H,4,9-11H2,1-3H3. The monoisotopic (exact) mass is 327 g/mol. The molecular formula is C18H21N3OS. The van der Waals surface area contributed by atoms with Gasteiger partial charge in [-0.2, -0.15) is 0 Å². The van der Waals surface area contributed by atoms with Gasteiger partial charge in [-0.05, 0) is 23.3 Å². The van der Waals surface area contributed by atoms with Crippen LogP contribution in [0.15, 0.2) is 23.7 Å². The number of thiophene rings is 1. The molecule has 1 unspecified atom stereocenters. The summed E-state index contributed by atoms with van der Waals surface area (Å²) >= 11 is 1.70. The number of carbonyl (C=O) groups excluding carboxylic acids is 1. The van der Waals surface area contributed by atoms with Crippen molar-refractivity contribution in [2.75, 3.05) is 0 Å². The summed E-state index contributed by atoms with van der Waals surface area (Å²) in [4.78, 5) is 25.5. The first-order valence-corrected chi connectivity index (χ1v) is 9.03. The molecule has 120 valence electrons. The summed E-state index contributed by atoms with van der Waals surface area (Å²) in [5.74, 6) is 1.11. The van der Waals surface area contributed by atoms with Crippen LogP contribution in [0.5, 0.6) is 0 Å². The van der Waals surface area contributed by atoms with E-state index in [4.69, 9.17) is 0 Å². The van der Waals surface area contributed by atoms with Crippen molar-refractivity contribution in [3.63, 3.8) is 0 Å². The van der Waals surface area contributed by atoms with E-state index >= 15 is 0 Å². The predicted octanol–water partition coefficient (Wildman–Crippen LogP) is 3.31. The Kier molecular flexibility index (Phi) is 3.14. The highest BCUT2D eigenvalue weighted by molar-refractivity contribution is 7.10. The Morgan fingerprint density at radius 1 is 1.39 bits per heavy atom. The SMILES string of the molecule is CCc1ncc2c(n1)CN(C(=O)C1(c3cccs3)CC1(C)C)C2. The van der Waals surface area contributed by atoms with Crippen LogP contribution < -0.4 is 0 Å². The molecule has 5 heteroatoms. The van der Waals surface area contributed by atoms with E-state index in [2.05, 4.69) is 42.2 Å². The van der Waals surface area contributed by atoms with Crippen LogP contribution in [0.1, 0.15) is 49.2 Å². The van der Waals surface area contributed by atoms with Gasteiger partial charge in [0.1, 0.15) is 5.82 Å². The van der Waals surface area contributed by atoms with E-state index in [9.17, 15) is 4.79 Å². The highest BCUT2D eigenvalue weighted by Gasteiger charge is 2.68. The lowest BCUT2D eigenvalue weighted by atomic mass is 9.92. The van der Waals surface area contributed by atoms with Crippen LogP contribution in [-0.4, -0.2) is 20.8 Å². The molecular weight excluding hydrogens is 306 g/mol. The van der Waals surface area contributed by atoms with Crippen molar-refractivity contribution in [2.45, 2.75) is 52.1 Å². The molecule has 0 bridgehead atoms. The first kappa shape index (κ1) is 14.8. The van der Waals surface area contributed by atoms with Crippen molar-refractivity contribution in [1.29, 1.82) is 0 Å². The third kappa shape index (κ3) is 2.06. The van der Waals surface area contributed by atoms with Gasteiger partial charge in [0.2, 0.25) is 5.91 Å². The van der Waals surface area contributed by atoms with E-state index < -0.39 is 0 Å². The molecule has 2 aromatic heterocycles. The number of hydrogen-bond acceptors (Lipinski definition) is 4. The van der Waals surface area contributed by atoms with Gasteiger partial charge in [0, 0.05) is 29.6 Å². The van der Waals surface area contributed by atoms with Gasteiger partial charge in [-0.1, -0.05) is 26.8 Å². The fourth-order valence-corrected chi connectivity index (χ4v) is 4.91. The van der Waals surface area contributed by atoms with Crippen LogP contribution in [0, 0.1) is 5.41 Å². The molecule has 1 aliphatic carbocycles. The Balaban J connectivity index is 1.63. The van der Waals surface area contributed by atoms with Crippen molar-refractivity contribution >= 4 is 17.2 Å². The first-order chi connectivity index (χ1) is 11.0. The summed E-state index contributed by atoms with van der Waals surface area (Å²) in [5, 5.41) is 2.07. The second-order valence-corrected chi connectivity index (χ2v) is 8.16. The summed E-state index contributed by atoms with van der Waals surface area (Å²) in [5.41, 5.74) is 1.80. The molecule has 2 aromatic rings. The third-order valence-electron chi connectivity index (χ3n) is 5.35. The van der Waals surface area contributed by atoms with Crippen LogP contribution in [0.25, 0.3) is 0 Å². The van der Waals surface area contributed by atoms with Crippen molar-refractivity contribution < 1.29 is 4.79 Å². The molecule has 1 saturated carbocycles. The normalized spacial score (nSPS) is 24.6. The molecule has 0 radical (unpaired) electrons. The van der Waals surface area contributed by atoms with Crippen molar-refractivity contribution in [3.05, 3.63) is 45.7 Å². The molecule has 2 aliphatic rings. The number of hydrogen-bond donors (Lipinski definition) is 0. The molecule has 23 heavy (non-hydrogen) atoms. The van der Waals surface area contributed by atoms with Crippen molar-refractivity contribution in [3.8, 4) is 0 Å². The molecule has 4 rings (SSSR count). The lowest BCUT2D eigenvalue weighted by molar-refractivity contribution is -0.135. The van der Waals surface area contributed by atoms with E-state index in [1.165, 1.54) is 4.88 Å². The zero-order chi connectivity index (χ0) is 16.2. The third-order valence-corrected chi connectivity index (χ3v) is 6.39. The lowest BCUT2D eigenvalue weighted by Crippen LogP contribution is -2.38. The quantitative estimate of drug-likeness (QED) is 0.869. The van der Waals surface area contributed by atoms with Gasteiger partial charge in [-0.25, -0.2) is 9.97 Å². The zero-order valence-electron chi connectivity index (χ0n) is 13.8. The van der Waals surface area contributed by atoms with Gasteiger partial charge in [0.05, 0.1) is 17.7 Å². The molecule has 1 amide bonds. The zero-order valence-corrected chi connectivity index (χ0v) is 14.6. The summed E-state index contributed by atoms with van der Waals surface area (Å²) < 4.78 is 0. The second kappa shape index (κ2) is 4.87. The summed E-state index contributed by atoms with van der Waals surface area (Å²) in [6.07, 6.45) is 3.65. The van der Waals surface area contributed by atoms with Gasteiger partial charge < -0.3 is 4.90 Å². The molecule has 0 spiro atoms. The molecule has 1 atom stereocenters. The van der Waals surface area contributed by atoms with Crippen LogP contribution in [0.2, 0.25) is 0 Å². The van der Waals surface area contributed by atoms with E-state index in [1.807, 2.05) is 17.2 Å². The number of aromatic nitrogens is 2. The van der Waals surface area contributed by atoms with Gasteiger partial charge in [-0.15, -0.1) is 11.3 Å². The van der Waals surface area contributed by atoms with Gasteiger partial charge in [0.15, 0.2) is 0 Å². The van der Waals surface area contributed by atoms with Gasteiger partial charge in [-0.3, -0.25) is 4.79 Å². The molecule has 0 saturated heterocycles. The Bertz CT molecular complexity index is 769. The topological polar surface area (TPSA) is 46.1 Å². The van der Waals surface area contributed by atoms with Gasteiger partial charge >= 0.3 is 0 Å². The fraction of sp³-hybridized carbons (Fsp3) is 0.500. The first-order valence-electron chi connectivity index (χ1n) is 8.15. The molecule has 0 N–H and O–H groups in total. The van der Waals surface area contributed by atoms with E-state index in [1.54, 1.807) is 11.3 Å². The minimum atomic E-state index is -0.343. The predicted molar refractivity (Wildman–Crippen MR) is 90.1 cm³/mol. The minimum Gasteiger partial charge on any atom is -0.332 e. The summed E-state index contributed by atoms with van der Waals surface area (Å²) in [6, 6.07) is 4.15. The van der Waals surface area contributed by atoms with Crippen LogP contribution in [0.4, 0.5) is 0 Å². The maximum absolute atomic E-state index is 13.4. The summed E-state index contributed by atoms with van der Waals surface area (Å²) in [7, 11) is 0. The number of fused-ring (bicyclic) bond motifs is 1. The largest absolute Gasteiger partial charge is 0.332 e. The maximum Gasteiger partial charge on any atom is 0.235 e. The molecule has 4 nitrogen and oxygen atoms in total. The Labute approximate surface area is 140 Å². The number of rotatable bonds is 3. The van der Waals surface area contributed by atoms with Crippen LogP contribution >= 0.6 is 11.3 Å².